The highest BCUT2D eigenvalue weighted by molar-refractivity contribution is 6.07. The molecule has 4 rings (SSSR count). The number of carbonyl (C=O) groups is 2. The van der Waals surface area contributed by atoms with Crippen molar-refractivity contribution in [3.05, 3.63) is 60.0 Å². The molecule has 1 unspecified atom stereocenters. The summed E-state index contributed by atoms with van der Waals surface area (Å²) in [5, 5.41) is 6.48. The first-order valence-corrected chi connectivity index (χ1v) is 10.2. The number of urea groups is 1. The van der Waals surface area contributed by atoms with Crippen LogP contribution >= 0.6 is 0 Å². The number of benzene rings is 2. The van der Waals surface area contributed by atoms with Crippen molar-refractivity contribution in [3.8, 4) is 22.9 Å². The van der Waals surface area contributed by atoms with Gasteiger partial charge in [-0.15, -0.1) is 13.2 Å². The van der Waals surface area contributed by atoms with Gasteiger partial charge in [-0.1, -0.05) is 29.4 Å². The van der Waals surface area contributed by atoms with E-state index in [-0.39, 0.29) is 23.8 Å². The highest BCUT2D eigenvalue weighted by Crippen LogP contribution is 2.33. The lowest BCUT2D eigenvalue weighted by molar-refractivity contribution is -0.274. The minimum Gasteiger partial charge on any atom is -0.493 e. The SMILES string of the molecule is CCOc1ccccc1-c1noc(CN2C(=O)NC(C)(c3ccc(OC(F)(F)F)cc3)C2=O)n1. The normalized spacial score (nSPS) is 18.2. The number of hydrogen-bond donors (Lipinski definition) is 1. The van der Waals surface area contributed by atoms with Gasteiger partial charge in [0.1, 0.15) is 23.6 Å². The van der Waals surface area contributed by atoms with Crippen LogP contribution in [0.3, 0.4) is 0 Å². The van der Waals surface area contributed by atoms with Gasteiger partial charge < -0.3 is 19.3 Å². The van der Waals surface area contributed by atoms with Gasteiger partial charge in [-0.2, -0.15) is 4.98 Å². The predicted octanol–water partition coefficient (Wildman–Crippen LogP) is 4.00. The second-order valence-electron chi connectivity index (χ2n) is 7.46. The molecular formula is C22H19F3N4O5. The summed E-state index contributed by atoms with van der Waals surface area (Å²) in [6.45, 7) is 3.43. The third-order valence-electron chi connectivity index (χ3n) is 5.13. The molecule has 1 aliphatic rings. The zero-order chi connectivity index (χ0) is 24.5. The molecule has 1 saturated heterocycles. The molecule has 1 atom stereocenters. The van der Waals surface area contributed by atoms with Gasteiger partial charge in [-0.25, -0.2) is 4.79 Å². The summed E-state index contributed by atoms with van der Waals surface area (Å²) in [5.41, 5.74) is -0.638. The van der Waals surface area contributed by atoms with Crippen molar-refractivity contribution >= 4 is 11.9 Å². The number of nitrogens with one attached hydrogen (secondary N) is 1. The summed E-state index contributed by atoms with van der Waals surface area (Å²) >= 11 is 0. The first kappa shape index (κ1) is 23.1. The Morgan fingerprint density at radius 1 is 1.12 bits per heavy atom. The maximum Gasteiger partial charge on any atom is 0.573 e. The Kier molecular flexibility index (Phi) is 5.90. The Labute approximate surface area is 191 Å². The standard InChI is InChI=1S/C22H19F3N4O5/c1-3-32-16-7-5-4-6-15(16)18-26-17(34-28-18)12-29-19(30)21(2,27-20(29)31)13-8-10-14(11-9-13)33-22(23,24)25/h4-11H,3,12H2,1-2H3,(H,27,31). The number of nitrogens with zero attached hydrogens (tertiary/aromatic N) is 3. The summed E-state index contributed by atoms with van der Waals surface area (Å²) in [6.07, 6.45) is -4.84. The molecule has 9 nitrogen and oxygen atoms in total. The maximum atomic E-state index is 13.1. The number of ether oxygens (including phenoxy) is 2. The number of aromatic nitrogens is 2. The molecule has 0 radical (unpaired) electrons. The highest BCUT2D eigenvalue weighted by Gasteiger charge is 2.49. The Morgan fingerprint density at radius 2 is 1.82 bits per heavy atom. The van der Waals surface area contributed by atoms with Crippen molar-refractivity contribution in [2.24, 2.45) is 0 Å². The quantitative estimate of drug-likeness (QED) is 0.514. The number of halogens is 3. The Bertz CT molecular complexity index is 1210. The fourth-order valence-corrected chi connectivity index (χ4v) is 3.52. The molecule has 1 fully saturated rings. The minimum absolute atomic E-state index is 0.0166. The number of carbonyl (C=O) groups excluding carboxylic acids is 2. The molecule has 0 spiro atoms. The number of para-hydroxylation sites is 1. The first-order chi connectivity index (χ1) is 16.1. The molecule has 178 valence electrons. The largest absolute Gasteiger partial charge is 0.573 e. The van der Waals surface area contributed by atoms with Crippen molar-refractivity contribution in [1.82, 2.24) is 20.4 Å². The molecular weight excluding hydrogens is 457 g/mol. The first-order valence-electron chi connectivity index (χ1n) is 10.2. The number of rotatable bonds is 7. The number of imide groups is 1. The average molecular weight is 476 g/mol. The molecule has 34 heavy (non-hydrogen) atoms. The molecule has 0 saturated carbocycles. The van der Waals surface area contributed by atoms with Crippen LogP contribution in [0.4, 0.5) is 18.0 Å². The van der Waals surface area contributed by atoms with Gasteiger partial charge in [0.25, 0.3) is 5.91 Å². The predicted molar refractivity (Wildman–Crippen MR) is 110 cm³/mol. The molecule has 1 aliphatic heterocycles. The Hall–Kier alpha value is -4.09. The lowest BCUT2D eigenvalue weighted by atomic mass is 9.92. The van der Waals surface area contributed by atoms with E-state index in [1.807, 2.05) is 6.92 Å². The van der Waals surface area contributed by atoms with Crippen LogP contribution in [0.2, 0.25) is 0 Å². The monoisotopic (exact) mass is 476 g/mol. The lowest BCUT2D eigenvalue weighted by Gasteiger charge is -2.22. The summed E-state index contributed by atoms with van der Waals surface area (Å²) in [6, 6.07) is 11.0. The molecule has 1 N–H and O–H groups in total. The molecule has 2 aromatic carbocycles. The van der Waals surface area contributed by atoms with Crippen LogP contribution in [0.5, 0.6) is 11.5 Å². The number of amides is 3. The van der Waals surface area contributed by atoms with Gasteiger partial charge in [-0.3, -0.25) is 9.69 Å². The molecule has 1 aromatic heterocycles. The number of alkyl halides is 3. The Morgan fingerprint density at radius 3 is 2.50 bits per heavy atom. The van der Waals surface area contributed by atoms with Gasteiger partial charge in [0, 0.05) is 0 Å². The van der Waals surface area contributed by atoms with E-state index in [9.17, 15) is 22.8 Å². The van der Waals surface area contributed by atoms with E-state index in [1.54, 1.807) is 24.3 Å². The average Bonchev–Trinajstić information content (AvgIpc) is 3.33. The van der Waals surface area contributed by atoms with Crippen molar-refractivity contribution in [2.75, 3.05) is 6.61 Å². The second kappa shape index (κ2) is 8.69. The van der Waals surface area contributed by atoms with Crippen LogP contribution in [-0.4, -0.2) is 39.9 Å². The topological polar surface area (TPSA) is 107 Å². The Balaban J connectivity index is 1.52. The summed E-state index contributed by atoms with van der Waals surface area (Å²) in [5.74, 6) is -0.273. The van der Waals surface area contributed by atoms with Crippen LogP contribution in [0.15, 0.2) is 53.1 Å². The zero-order valence-corrected chi connectivity index (χ0v) is 18.0. The van der Waals surface area contributed by atoms with Crippen LogP contribution in [0.1, 0.15) is 25.3 Å². The molecule has 12 heteroatoms. The lowest BCUT2D eigenvalue weighted by Crippen LogP contribution is -2.40. The fourth-order valence-electron chi connectivity index (χ4n) is 3.52. The van der Waals surface area contributed by atoms with E-state index in [0.29, 0.717) is 17.9 Å². The van der Waals surface area contributed by atoms with E-state index >= 15 is 0 Å². The van der Waals surface area contributed by atoms with Gasteiger partial charge in [0.2, 0.25) is 11.7 Å². The van der Waals surface area contributed by atoms with E-state index < -0.39 is 29.6 Å². The molecule has 2 heterocycles. The van der Waals surface area contributed by atoms with Crippen LogP contribution in [0, 0.1) is 0 Å². The van der Waals surface area contributed by atoms with Gasteiger partial charge in [0.15, 0.2) is 0 Å². The smallest absolute Gasteiger partial charge is 0.493 e. The third kappa shape index (κ3) is 4.51. The minimum atomic E-state index is -4.84. The zero-order valence-electron chi connectivity index (χ0n) is 18.0. The highest BCUT2D eigenvalue weighted by atomic mass is 19.4. The van der Waals surface area contributed by atoms with E-state index in [1.165, 1.54) is 19.1 Å². The summed E-state index contributed by atoms with van der Waals surface area (Å²) in [7, 11) is 0. The van der Waals surface area contributed by atoms with Crippen molar-refractivity contribution < 1.29 is 36.8 Å². The van der Waals surface area contributed by atoms with Gasteiger partial charge >= 0.3 is 12.4 Å². The van der Waals surface area contributed by atoms with Gasteiger partial charge in [-0.05, 0) is 43.7 Å². The van der Waals surface area contributed by atoms with Crippen LogP contribution < -0.4 is 14.8 Å². The fraction of sp³-hybridized carbons (Fsp3) is 0.273. The van der Waals surface area contributed by atoms with Crippen molar-refractivity contribution in [2.45, 2.75) is 32.3 Å². The van der Waals surface area contributed by atoms with E-state index in [2.05, 4.69) is 20.2 Å². The molecule has 3 aromatic rings. The van der Waals surface area contributed by atoms with Crippen LogP contribution in [0.25, 0.3) is 11.4 Å². The second-order valence-corrected chi connectivity index (χ2v) is 7.46. The van der Waals surface area contributed by atoms with E-state index in [4.69, 9.17) is 9.26 Å². The van der Waals surface area contributed by atoms with Crippen molar-refractivity contribution in [1.29, 1.82) is 0 Å². The summed E-state index contributed by atoms with van der Waals surface area (Å²) in [4.78, 5) is 30.8. The molecule has 0 bridgehead atoms. The van der Waals surface area contributed by atoms with Gasteiger partial charge in [0.05, 0.1) is 12.2 Å². The molecule has 0 aliphatic carbocycles. The van der Waals surface area contributed by atoms with Crippen molar-refractivity contribution in [3.63, 3.8) is 0 Å². The maximum absolute atomic E-state index is 13.1. The molecule has 3 amide bonds. The van der Waals surface area contributed by atoms with E-state index in [0.717, 1.165) is 17.0 Å². The third-order valence-corrected chi connectivity index (χ3v) is 5.13. The summed E-state index contributed by atoms with van der Waals surface area (Å²) < 4.78 is 51.8. The number of hydrogen-bond acceptors (Lipinski definition) is 7. The van der Waals surface area contributed by atoms with Crippen LogP contribution in [-0.2, 0) is 16.9 Å².